The fraction of sp³-hybridized carbons (Fsp3) is 0.778. The lowest BCUT2D eigenvalue weighted by atomic mass is 10.3. The third-order valence-corrected chi connectivity index (χ3v) is 3.07. The predicted molar refractivity (Wildman–Crippen MR) is 56.1 cm³/mol. The molecule has 14 heavy (non-hydrogen) atoms. The summed E-state index contributed by atoms with van der Waals surface area (Å²) in [6.07, 6.45) is 1.61. The quantitative estimate of drug-likeness (QED) is 0.783. The van der Waals surface area contributed by atoms with Gasteiger partial charge < -0.3 is 9.63 Å². The van der Waals surface area contributed by atoms with Gasteiger partial charge in [-0.25, -0.2) is 0 Å². The van der Waals surface area contributed by atoms with E-state index in [1.807, 2.05) is 6.92 Å². The summed E-state index contributed by atoms with van der Waals surface area (Å²) in [5.74, 6) is 2.17. The van der Waals surface area contributed by atoms with Crippen LogP contribution in [0.3, 0.4) is 0 Å². The lowest BCUT2D eigenvalue weighted by Gasteiger charge is -2.05. The summed E-state index contributed by atoms with van der Waals surface area (Å²) in [5.41, 5.74) is 0. The molecule has 0 saturated carbocycles. The number of rotatable bonds is 6. The second kappa shape index (κ2) is 6.03. The number of thioether (sulfide) groups is 1. The number of aliphatic hydroxyl groups excluding tert-OH is 1. The Morgan fingerprint density at radius 3 is 2.93 bits per heavy atom. The number of hydrogen-bond acceptors (Lipinski definition) is 5. The van der Waals surface area contributed by atoms with Gasteiger partial charge in [0, 0.05) is 18.3 Å². The van der Waals surface area contributed by atoms with E-state index in [0.29, 0.717) is 11.1 Å². The first-order valence-electron chi connectivity index (χ1n) is 4.80. The van der Waals surface area contributed by atoms with Gasteiger partial charge >= 0.3 is 0 Å². The third kappa shape index (κ3) is 3.67. The largest absolute Gasteiger partial charge is 0.396 e. The molecule has 0 fully saturated rings. The van der Waals surface area contributed by atoms with E-state index in [2.05, 4.69) is 17.1 Å². The lowest BCUT2D eigenvalue weighted by molar-refractivity contribution is 0.289. The highest BCUT2D eigenvalue weighted by atomic mass is 32.2. The first-order chi connectivity index (χ1) is 6.76. The first kappa shape index (κ1) is 11.5. The molecule has 4 nitrogen and oxygen atoms in total. The fourth-order valence-corrected chi connectivity index (χ4v) is 1.79. The Morgan fingerprint density at radius 2 is 2.36 bits per heavy atom. The van der Waals surface area contributed by atoms with E-state index < -0.39 is 0 Å². The van der Waals surface area contributed by atoms with E-state index in [1.165, 1.54) is 0 Å². The van der Waals surface area contributed by atoms with E-state index in [4.69, 9.17) is 9.63 Å². The van der Waals surface area contributed by atoms with Crippen LogP contribution in [0, 0.1) is 0 Å². The predicted octanol–water partition coefficient (Wildman–Crippen LogP) is 1.64. The van der Waals surface area contributed by atoms with Crippen LogP contribution in [0.15, 0.2) is 4.52 Å². The molecule has 0 bridgehead atoms. The van der Waals surface area contributed by atoms with Crippen molar-refractivity contribution in [3.05, 3.63) is 11.7 Å². The smallest absolute Gasteiger partial charge is 0.236 e. The molecule has 1 atom stereocenters. The van der Waals surface area contributed by atoms with Crippen LogP contribution >= 0.6 is 11.8 Å². The van der Waals surface area contributed by atoms with Crippen LogP contribution in [0.1, 0.15) is 32.0 Å². The van der Waals surface area contributed by atoms with Crippen LogP contribution in [0.25, 0.3) is 0 Å². The van der Waals surface area contributed by atoms with Crippen molar-refractivity contribution in [2.45, 2.75) is 37.7 Å². The molecule has 0 radical (unpaired) electrons. The van der Waals surface area contributed by atoms with Crippen molar-refractivity contribution < 1.29 is 9.63 Å². The van der Waals surface area contributed by atoms with Crippen molar-refractivity contribution in [3.8, 4) is 0 Å². The summed E-state index contributed by atoms with van der Waals surface area (Å²) in [5, 5.41) is 12.9. The fourth-order valence-electron chi connectivity index (χ4n) is 0.971. The minimum Gasteiger partial charge on any atom is -0.396 e. The van der Waals surface area contributed by atoms with E-state index in [0.717, 1.165) is 24.4 Å². The van der Waals surface area contributed by atoms with Gasteiger partial charge in [-0.15, -0.1) is 11.8 Å². The highest BCUT2D eigenvalue weighted by Gasteiger charge is 2.07. The van der Waals surface area contributed by atoms with E-state index in [-0.39, 0.29) is 6.61 Å². The average Bonchev–Trinajstić information content (AvgIpc) is 2.63. The second-order valence-electron chi connectivity index (χ2n) is 3.09. The summed E-state index contributed by atoms with van der Waals surface area (Å²) in [6.45, 7) is 4.31. The van der Waals surface area contributed by atoms with E-state index in [1.54, 1.807) is 11.8 Å². The number of aliphatic hydroxyl groups is 1. The SMILES string of the molecule is CCc1noc(CSC(C)CCO)n1. The zero-order valence-corrected chi connectivity index (χ0v) is 9.38. The molecule has 80 valence electrons. The van der Waals surface area contributed by atoms with Gasteiger partial charge in [0.15, 0.2) is 5.82 Å². The molecule has 0 amide bonds. The molecule has 1 aromatic heterocycles. The molecule has 0 aliphatic carbocycles. The highest BCUT2D eigenvalue weighted by molar-refractivity contribution is 7.99. The van der Waals surface area contributed by atoms with Gasteiger partial charge in [0.25, 0.3) is 0 Å². The Bertz CT molecular complexity index is 265. The summed E-state index contributed by atoms with van der Waals surface area (Å²) < 4.78 is 5.04. The van der Waals surface area contributed by atoms with Crippen molar-refractivity contribution >= 4 is 11.8 Å². The molecule has 0 aliphatic rings. The molecule has 0 saturated heterocycles. The summed E-state index contributed by atoms with van der Waals surface area (Å²) in [4.78, 5) is 4.20. The van der Waals surface area contributed by atoms with Gasteiger partial charge in [-0.05, 0) is 6.42 Å². The standard InChI is InChI=1S/C9H16N2O2S/c1-3-8-10-9(13-11-8)6-14-7(2)4-5-12/h7,12H,3-6H2,1-2H3. The Hall–Kier alpha value is -0.550. The molecular weight excluding hydrogens is 200 g/mol. The summed E-state index contributed by atoms with van der Waals surface area (Å²) >= 11 is 1.72. The van der Waals surface area contributed by atoms with Gasteiger partial charge in [0.2, 0.25) is 5.89 Å². The summed E-state index contributed by atoms with van der Waals surface area (Å²) in [6, 6.07) is 0. The van der Waals surface area contributed by atoms with Gasteiger partial charge in [0.1, 0.15) is 0 Å². The van der Waals surface area contributed by atoms with Gasteiger partial charge in [-0.1, -0.05) is 19.0 Å². The van der Waals surface area contributed by atoms with E-state index >= 15 is 0 Å². The monoisotopic (exact) mass is 216 g/mol. The van der Waals surface area contributed by atoms with Gasteiger partial charge in [-0.2, -0.15) is 4.98 Å². The van der Waals surface area contributed by atoms with Crippen LogP contribution in [0.5, 0.6) is 0 Å². The Morgan fingerprint density at radius 1 is 1.57 bits per heavy atom. The van der Waals surface area contributed by atoms with E-state index in [9.17, 15) is 0 Å². The van der Waals surface area contributed by atoms with Crippen LogP contribution in [0.2, 0.25) is 0 Å². The van der Waals surface area contributed by atoms with Crippen molar-refractivity contribution in [3.63, 3.8) is 0 Å². The minimum absolute atomic E-state index is 0.234. The maximum absolute atomic E-state index is 8.71. The van der Waals surface area contributed by atoms with Crippen LogP contribution in [-0.2, 0) is 12.2 Å². The molecule has 1 heterocycles. The maximum Gasteiger partial charge on any atom is 0.236 e. The molecule has 1 N–H and O–H groups in total. The molecular formula is C9H16N2O2S. The van der Waals surface area contributed by atoms with Crippen LogP contribution < -0.4 is 0 Å². The average molecular weight is 216 g/mol. The van der Waals surface area contributed by atoms with Crippen molar-refractivity contribution in [1.29, 1.82) is 0 Å². The number of aromatic nitrogens is 2. The normalized spacial score (nSPS) is 13.1. The zero-order chi connectivity index (χ0) is 10.4. The van der Waals surface area contributed by atoms with Crippen molar-refractivity contribution in [2.24, 2.45) is 0 Å². The third-order valence-electron chi connectivity index (χ3n) is 1.85. The van der Waals surface area contributed by atoms with Gasteiger partial charge in [-0.3, -0.25) is 0 Å². The highest BCUT2D eigenvalue weighted by Crippen LogP contribution is 2.18. The second-order valence-corrected chi connectivity index (χ2v) is 4.52. The molecule has 5 heteroatoms. The molecule has 1 rings (SSSR count). The zero-order valence-electron chi connectivity index (χ0n) is 8.56. The minimum atomic E-state index is 0.234. The Balaban J connectivity index is 2.30. The number of hydrogen-bond donors (Lipinski definition) is 1. The number of nitrogens with zero attached hydrogens (tertiary/aromatic N) is 2. The molecule has 1 aromatic rings. The Kier molecular flexibility index (Phi) is 4.97. The maximum atomic E-state index is 8.71. The van der Waals surface area contributed by atoms with Crippen LogP contribution in [0.4, 0.5) is 0 Å². The molecule has 0 aromatic carbocycles. The van der Waals surface area contributed by atoms with Crippen molar-refractivity contribution in [1.82, 2.24) is 10.1 Å². The lowest BCUT2D eigenvalue weighted by Crippen LogP contribution is -2.00. The molecule has 0 spiro atoms. The summed E-state index contributed by atoms with van der Waals surface area (Å²) in [7, 11) is 0. The van der Waals surface area contributed by atoms with Crippen LogP contribution in [-0.4, -0.2) is 27.1 Å². The Labute approximate surface area is 88.1 Å². The topological polar surface area (TPSA) is 59.2 Å². The number of aryl methyl sites for hydroxylation is 1. The van der Waals surface area contributed by atoms with Crippen molar-refractivity contribution in [2.75, 3.05) is 6.61 Å². The van der Waals surface area contributed by atoms with Gasteiger partial charge in [0.05, 0.1) is 5.75 Å². The molecule has 0 aliphatic heterocycles. The first-order valence-corrected chi connectivity index (χ1v) is 5.85. The molecule has 1 unspecified atom stereocenters.